The molecule has 0 radical (unpaired) electrons. The van der Waals surface area contributed by atoms with Crippen LogP contribution < -0.4 is 4.46 Å². The summed E-state index contributed by atoms with van der Waals surface area (Å²) in [6.07, 6.45) is 9.50. The van der Waals surface area contributed by atoms with Gasteiger partial charge in [0.15, 0.2) is 0 Å². The molecule has 0 aliphatic rings. The molecule has 19 heavy (non-hydrogen) atoms. The minimum atomic E-state index is -3.85. The maximum absolute atomic E-state index is 12.1. The summed E-state index contributed by atoms with van der Waals surface area (Å²) in [4.78, 5) is 0. The van der Waals surface area contributed by atoms with E-state index in [-0.39, 0.29) is 0 Å². The molecule has 108 valence electrons. The standard InChI is InChI=1S/C16H26O2Se/c1-2-3-4-5-6-7-8-12-15-19(17,18)16-13-10-9-11-14-16/h9-11,13-14H,2-8,12,15H2,1H3. The summed E-state index contributed by atoms with van der Waals surface area (Å²) in [6.45, 7) is 2.22. The van der Waals surface area contributed by atoms with Crippen molar-refractivity contribution in [2.45, 2.75) is 63.6 Å². The molecule has 0 amide bonds. The molecule has 0 atom stereocenters. The van der Waals surface area contributed by atoms with Crippen LogP contribution in [0.25, 0.3) is 0 Å². The second-order valence-electron chi connectivity index (χ2n) is 5.11. The molecular formula is C16H26O2Se. The van der Waals surface area contributed by atoms with Crippen LogP contribution in [0.3, 0.4) is 0 Å². The van der Waals surface area contributed by atoms with Crippen molar-refractivity contribution in [3.8, 4) is 0 Å². The Morgan fingerprint density at radius 1 is 0.789 bits per heavy atom. The molecule has 2 nitrogen and oxygen atoms in total. The zero-order valence-corrected chi connectivity index (χ0v) is 13.7. The fraction of sp³-hybridized carbons (Fsp3) is 0.625. The number of unbranched alkanes of at least 4 members (excludes halogenated alkanes) is 7. The van der Waals surface area contributed by atoms with Crippen molar-refractivity contribution >= 4 is 17.2 Å². The molecule has 0 fully saturated rings. The zero-order chi connectivity index (χ0) is 14.0. The van der Waals surface area contributed by atoms with Gasteiger partial charge in [-0.3, -0.25) is 0 Å². The molecule has 1 rings (SSSR count). The first-order valence-corrected chi connectivity index (χ1v) is 10.9. The predicted molar refractivity (Wildman–Crippen MR) is 80.6 cm³/mol. The van der Waals surface area contributed by atoms with Gasteiger partial charge in [-0.05, 0) is 0 Å². The summed E-state index contributed by atoms with van der Waals surface area (Å²) in [7, 11) is 0. The Hall–Kier alpha value is -0.661. The van der Waals surface area contributed by atoms with Gasteiger partial charge in [0, 0.05) is 0 Å². The SMILES string of the molecule is CCCCCCCCCC[Se](=O)(=O)c1ccccc1. The first-order valence-electron chi connectivity index (χ1n) is 7.44. The van der Waals surface area contributed by atoms with Gasteiger partial charge in [0.2, 0.25) is 0 Å². The molecule has 0 N–H and O–H groups in total. The van der Waals surface area contributed by atoms with Crippen molar-refractivity contribution in [3.63, 3.8) is 0 Å². The summed E-state index contributed by atoms with van der Waals surface area (Å²) in [5.41, 5.74) is 0. The molecule has 0 aliphatic heterocycles. The molecule has 0 saturated carbocycles. The number of rotatable bonds is 10. The van der Waals surface area contributed by atoms with Crippen molar-refractivity contribution in [2.75, 3.05) is 0 Å². The second-order valence-corrected chi connectivity index (χ2v) is 9.53. The molecule has 1 aromatic rings. The molecule has 1 aromatic carbocycles. The van der Waals surface area contributed by atoms with Crippen molar-refractivity contribution < 1.29 is 7.67 Å². The van der Waals surface area contributed by atoms with Gasteiger partial charge in [0.1, 0.15) is 0 Å². The average Bonchev–Trinajstić information content (AvgIpc) is 2.43. The van der Waals surface area contributed by atoms with E-state index < -0.39 is 12.7 Å². The molecule has 0 unspecified atom stereocenters. The van der Waals surface area contributed by atoms with Gasteiger partial charge >= 0.3 is 119 Å². The average molecular weight is 329 g/mol. The Bertz CT molecular complexity index is 423. The number of hydrogen-bond donors (Lipinski definition) is 0. The second kappa shape index (κ2) is 9.28. The fourth-order valence-electron chi connectivity index (χ4n) is 2.17. The van der Waals surface area contributed by atoms with E-state index in [0.29, 0.717) is 9.78 Å². The molecule has 0 spiro atoms. The zero-order valence-electron chi connectivity index (χ0n) is 12.0. The summed E-state index contributed by atoms with van der Waals surface area (Å²) < 4.78 is 24.7. The van der Waals surface area contributed by atoms with E-state index in [2.05, 4.69) is 6.92 Å². The Morgan fingerprint density at radius 2 is 1.32 bits per heavy atom. The summed E-state index contributed by atoms with van der Waals surface area (Å²) in [6, 6.07) is 8.87. The molecule has 0 bridgehead atoms. The van der Waals surface area contributed by atoms with E-state index in [0.717, 1.165) is 12.8 Å². The summed E-state index contributed by atoms with van der Waals surface area (Å²) >= 11 is -3.85. The third-order valence-electron chi connectivity index (χ3n) is 3.37. The van der Waals surface area contributed by atoms with E-state index in [4.69, 9.17) is 0 Å². The van der Waals surface area contributed by atoms with Crippen LogP contribution in [-0.2, 0) is 7.67 Å². The van der Waals surface area contributed by atoms with Gasteiger partial charge < -0.3 is 0 Å². The van der Waals surface area contributed by atoms with Gasteiger partial charge in [-0.15, -0.1) is 0 Å². The van der Waals surface area contributed by atoms with Gasteiger partial charge in [-0.1, -0.05) is 0 Å². The third-order valence-corrected chi connectivity index (χ3v) is 7.18. The van der Waals surface area contributed by atoms with Crippen molar-refractivity contribution in [1.82, 2.24) is 0 Å². The van der Waals surface area contributed by atoms with Crippen LogP contribution in [0.2, 0.25) is 5.32 Å². The molecule has 0 saturated heterocycles. The first kappa shape index (κ1) is 16.4. The van der Waals surface area contributed by atoms with Crippen LogP contribution in [0.5, 0.6) is 0 Å². The fourth-order valence-corrected chi connectivity index (χ4v) is 5.09. The molecular weight excluding hydrogens is 303 g/mol. The van der Waals surface area contributed by atoms with Crippen LogP contribution >= 0.6 is 0 Å². The Labute approximate surface area is 119 Å². The van der Waals surface area contributed by atoms with Crippen molar-refractivity contribution in [2.24, 2.45) is 0 Å². The van der Waals surface area contributed by atoms with Crippen LogP contribution in [-0.4, -0.2) is 12.7 Å². The molecule has 3 heteroatoms. The Balaban J connectivity index is 2.15. The monoisotopic (exact) mass is 330 g/mol. The molecule has 0 heterocycles. The number of benzene rings is 1. The van der Waals surface area contributed by atoms with E-state index in [1.165, 1.54) is 38.5 Å². The van der Waals surface area contributed by atoms with E-state index in [9.17, 15) is 7.67 Å². The first-order chi connectivity index (χ1) is 9.17. The van der Waals surface area contributed by atoms with Gasteiger partial charge in [0.05, 0.1) is 0 Å². The van der Waals surface area contributed by atoms with Crippen molar-refractivity contribution in [3.05, 3.63) is 30.3 Å². The van der Waals surface area contributed by atoms with E-state index in [1.54, 1.807) is 24.3 Å². The third kappa shape index (κ3) is 6.89. The van der Waals surface area contributed by atoms with E-state index >= 15 is 0 Å². The summed E-state index contributed by atoms with van der Waals surface area (Å²) in [5.74, 6) is 0. The summed E-state index contributed by atoms with van der Waals surface area (Å²) in [5, 5.41) is 0.357. The molecule has 0 aliphatic carbocycles. The predicted octanol–water partition coefficient (Wildman–Crippen LogP) is 4.34. The van der Waals surface area contributed by atoms with Crippen LogP contribution in [0, 0.1) is 0 Å². The van der Waals surface area contributed by atoms with Gasteiger partial charge in [-0.2, -0.15) is 0 Å². The Morgan fingerprint density at radius 3 is 1.89 bits per heavy atom. The van der Waals surface area contributed by atoms with Crippen LogP contribution in [0.4, 0.5) is 0 Å². The van der Waals surface area contributed by atoms with Gasteiger partial charge in [-0.25, -0.2) is 0 Å². The quantitative estimate of drug-likeness (QED) is 0.473. The van der Waals surface area contributed by atoms with Crippen molar-refractivity contribution in [1.29, 1.82) is 0 Å². The van der Waals surface area contributed by atoms with Gasteiger partial charge in [0.25, 0.3) is 0 Å². The normalized spacial score (nSPS) is 11.6. The molecule has 0 aromatic heterocycles. The van der Waals surface area contributed by atoms with Crippen LogP contribution in [0.15, 0.2) is 30.3 Å². The van der Waals surface area contributed by atoms with E-state index in [1.807, 2.05) is 6.07 Å². The topological polar surface area (TPSA) is 34.1 Å². The van der Waals surface area contributed by atoms with Crippen LogP contribution in [0.1, 0.15) is 58.3 Å². The minimum absolute atomic E-state index is 0.357. The maximum atomic E-state index is 12.1. The number of hydrogen-bond acceptors (Lipinski definition) is 2. The Kier molecular flexibility index (Phi) is 8.00.